The monoisotopic (exact) mass is 783 g/mol. The quantitative estimate of drug-likeness (QED) is 0.0428. The Balaban J connectivity index is -0.0000110. The first-order valence-electron chi connectivity index (χ1n) is 23.3. The first-order chi connectivity index (χ1) is 23.6. The van der Waals surface area contributed by atoms with Gasteiger partial charge >= 0.3 is 0 Å². The van der Waals surface area contributed by atoms with Gasteiger partial charge in [-0.05, 0) is 103 Å². The van der Waals surface area contributed by atoms with Crippen molar-refractivity contribution in [1.29, 1.82) is 0 Å². The van der Waals surface area contributed by atoms with Gasteiger partial charge in [0.05, 0.1) is 49.3 Å². The molecule has 0 atom stereocenters. The Labute approximate surface area is 334 Å². The predicted molar refractivity (Wildman–Crippen MR) is 235 cm³/mol. The minimum Gasteiger partial charge on any atom is -1.00 e. The molecule has 0 heterocycles. The third kappa shape index (κ3) is 34.0. The van der Waals surface area contributed by atoms with E-state index in [1.807, 2.05) is 0 Å². The summed E-state index contributed by atoms with van der Waals surface area (Å²) in [6.07, 6.45) is 60.8. The molecule has 4 heteroatoms. The molecule has 0 aromatic carbocycles. The van der Waals surface area contributed by atoms with E-state index in [-0.39, 0.29) is 24.8 Å². The molecule has 0 N–H and O–H groups in total. The fourth-order valence-corrected chi connectivity index (χ4v) is 18.4. The molecule has 0 amide bonds. The lowest BCUT2D eigenvalue weighted by atomic mass is 10.1. The van der Waals surface area contributed by atoms with Crippen LogP contribution in [0.25, 0.3) is 0 Å². The van der Waals surface area contributed by atoms with E-state index in [1.54, 1.807) is 101 Å². The SMILES string of the molecule is CCCCCC[P+](CCCCCC)(CCCCCC)CCCCCCCCCC[P+](CCCCCC)(CCCCCC)CCCCCC.[Cl-].[Cl-]. The van der Waals surface area contributed by atoms with Gasteiger partial charge in [-0.3, -0.25) is 0 Å². The molecule has 0 rings (SSSR count). The molecule has 0 aromatic heterocycles. The van der Waals surface area contributed by atoms with Crippen molar-refractivity contribution < 1.29 is 24.8 Å². The van der Waals surface area contributed by atoms with Crippen LogP contribution in [0, 0.1) is 0 Å². The second-order valence-corrected chi connectivity index (χ2v) is 25.6. The minimum absolute atomic E-state index is 0. The van der Waals surface area contributed by atoms with Crippen molar-refractivity contribution in [2.45, 2.75) is 247 Å². The number of unbranched alkanes of at least 4 members (excludes halogenated alkanes) is 25. The van der Waals surface area contributed by atoms with Gasteiger partial charge in [-0.15, -0.1) is 0 Å². The lowest BCUT2D eigenvalue weighted by molar-refractivity contribution is -0.00100. The van der Waals surface area contributed by atoms with Gasteiger partial charge in [0.1, 0.15) is 0 Å². The largest absolute Gasteiger partial charge is 1.00 e. The summed E-state index contributed by atoms with van der Waals surface area (Å²) in [4.78, 5) is 0. The van der Waals surface area contributed by atoms with E-state index in [0.29, 0.717) is 0 Å². The predicted octanol–water partition coefficient (Wildman–Crippen LogP) is 11.6. The normalized spacial score (nSPS) is 11.9. The molecule has 0 bridgehead atoms. The van der Waals surface area contributed by atoms with Crippen LogP contribution in [-0.2, 0) is 0 Å². The van der Waals surface area contributed by atoms with Crippen molar-refractivity contribution in [2.24, 2.45) is 0 Å². The average Bonchev–Trinajstić information content (AvgIpc) is 3.10. The molecule has 0 saturated heterocycles. The van der Waals surface area contributed by atoms with Crippen LogP contribution in [0.15, 0.2) is 0 Å². The van der Waals surface area contributed by atoms with Crippen LogP contribution < -0.4 is 24.8 Å². The van der Waals surface area contributed by atoms with E-state index in [4.69, 9.17) is 0 Å². The van der Waals surface area contributed by atoms with Crippen molar-refractivity contribution >= 4 is 14.5 Å². The number of hydrogen-bond acceptors (Lipinski definition) is 0. The molecular formula is C46H98Cl2P2. The molecule has 0 radical (unpaired) electrons. The molecule has 0 aliphatic heterocycles. The second kappa shape index (κ2) is 43.2. The van der Waals surface area contributed by atoms with Crippen LogP contribution in [0.2, 0.25) is 0 Å². The molecule has 0 aliphatic rings. The van der Waals surface area contributed by atoms with Gasteiger partial charge in [0, 0.05) is 14.5 Å². The highest BCUT2D eigenvalue weighted by molar-refractivity contribution is 7.76. The van der Waals surface area contributed by atoms with Gasteiger partial charge in [0.15, 0.2) is 0 Å². The maximum atomic E-state index is 2.38. The van der Waals surface area contributed by atoms with Crippen LogP contribution in [0.1, 0.15) is 247 Å². The highest BCUT2D eigenvalue weighted by atomic mass is 35.5. The van der Waals surface area contributed by atoms with Gasteiger partial charge in [-0.2, -0.15) is 0 Å². The van der Waals surface area contributed by atoms with Gasteiger partial charge in [0.2, 0.25) is 0 Å². The first kappa shape index (κ1) is 55.8. The number of rotatable bonds is 41. The van der Waals surface area contributed by atoms with E-state index >= 15 is 0 Å². The van der Waals surface area contributed by atoms with Gasteiger partial charge in [-0.25, -0.2) is 0 Å². The topological polar surface area (TPSA) is 0 Å². The van der Waals surface area contributed by atoms with Crippen molar-refractivity contribution in [3.8, 4) is 0 Å². The Kier molecular flexibility index (Phi) is 48.2. The van der Waals surface area contributed by atoms with Gasteiger partial charge < -0.3 is 24.8 Å². The highest BCUT2D eigenvalue weighted by Gasteiger charge is 2.36. The fourth-order valence-electron chi connectivity index (χ4n) is 8.54. The molecule has 50 heavy (non-hydrogen) atoms. The Morgan fingerprint density at radius 1 is 0.180 bits per heavy atom. The third-order valence-electron chi connectivity index (χ3n) is 11.9. The highest BCUT2D eigenvalue weighted by Crippen LogP contribution is 2.62. The van der Waals surface area contributed by atoms with Crippen molar-refractivity contribution in [1.82, 2.24) is 0 Å². The summed E-state index contributed by atoms with van der Waals surface area (Å²) in [5.41, 5.74) is 0. The van der Waals surface area contributed by atoms with Crippen LogP contribution in [0.4, 0.5) is 0 Å². The zero-order valence-corrected chi connectivity index (χ0v) is 39.2. The van der Waals surface area contributed by atoms with E-state index in [9.17, 15) is 0 Å². The van der Waals surface area contributed by atoms with Crippen molar-refractivity contribution in [2.75, 3.05) is 49.3 Å². The average molecular weight is 784 g/mol. The standard InChI is InChI=1S/C46H98P2.2ClH/c1-7-13-19-31-39-47(40-32-20-14-8-2,41-33-21-15-9-3)45-37-29-27-25-26-28-30-38-46-48(42-34-22-16-10-4,43-35-23-17-11-5)44-36-24-18-12-6;;/h7-46H2,1-6H3;2*1H/q+2;;/p-2. The van der Waals surface area contributed by atoms with Crippen LogP contribution in [-0.4, -0.2) is 49.3 Å². The van der Waals surface area contributed by atoms with E-state index < -0.39 is 14.5 Å². The van der Waals surface area contributed by atoms with Crippen molar-refractivity contribution in [3.05, 3.63) is 0 Å². The Hall–Kier alpha value is 1.44. The summed E-state index contributed by atoms with van der Waals surface area (Å²) in [6, 6.07) is 0. The van der Waals surface area contributed by atoms with Gasteiger partial charge in [0.25, 0.3) is 0 Å². The minimum atomic E-state index is -0.737. The smallest absolute Gasteiger partial charge is 0.0594 e. The zero-order chi connectivity index (χ0) is 35.3. The molecule has 0 aromatic rings. The Morgan fingerprint density at radius 3 is 0.440 bits per heavy atom. The van der Waals surface area contributed by atoms with E-state index in [2.05, 4.69) is 41.5 Å². The molecule has 0 saturated carbocycles. The number of hydrogen-bond donors (Lipinski definition) is 0. The molecule has 306 valence electrons. The maximum Gasteiger partial charge on any atom is 0.0594 e. The summed E-state index contributed by atoms with van der Waals surface area (Å²) >= 11 is 0. The fraction of sp³-hybridized carbons (Fsp3) is 1.00. The lowest BCUT2D eigenvalue weighted by Crippen LogP contribution is -3.00. The molecule has 0 spiro atoms. The zero-order valence-electron chi connectivity index (χ0n) is 35.9. The van der Waals surface area contributed by atoms with Crippen LogP contribution >= 0.6 is 14.5 Å². The van der Waals surface area contributed by atoms with E-state index in [1.165, 1.54) is 154 Å². The summed E-state index contributed by atoms with van der Waals surface area (Å²) in [5.74, 6) is 0. The number of halogens is 2. The van der Waals surface area contributed by atoms with Crippen LogP contribution in [0.3, 0.4) is 0 Å². The summed E-state index contributed by atoms with van der Waals surface area (Å²) in [5, 5.41) is 0. The molecular weight excluding hydrogens is 685 g/mol. The summed E-state index contributed by atoms with van der Waals surface area (Å²) < 4.78 is 0. The van der Waals surface area contributed by atoms with Crippen molar-refractivity contribution in [3.63, 3.8) is 0 Å². The maximum absolute atomic E-state index is 2.38. The molecule has 0 unspecified atom stereocenters. The van der Waals surface area contributed by atoms with E-state index in [0.717, 1.165) is 0 Å². The summed E-state index contributed by atoms with van der Waals surface area (Å²) in [6.45, 7) is 14.3. The second-order valence-electron chi connectivity index (χ2n) is 16.7. The molecule has 0 nitrogen and oxygen atoms in total. The Morgan fingerprint density at radius 2 is 0.300 bits per heavy atom. The van der Waals surface area contributed by atoms with Gasteiger partial charge in [-0.1, -0.05) is 144 Å². The third-order valence-corrected chi connectivity index (χ3v) is 22.1. The first-order valence-corrected chi connectivity index (χ1v) is 28.3. The molecule has 0 fully saturated rings. The Bertz CT molecular complexity index is 498. The molecule has 0 aliphatic carbocycles. The summed E-state index contributed by atoms with van der Waals surface area (Å²) in [7, 11) is -1.47. The lowest BCUT2D eigenvalue weighted by Gasteiger charge is -2.29. The van der Waals surface area contributed by atoms with Crippen LogP contribution in [0.5, 0.6) is 0 Å².